The van der Waals surface area contributed by atoms with Gasteiger partial charge < -0.3 is 14.2 Å². The first-order valence-electron chi connectivity index (χ1n) is 20.8. The first-order chi connectivity index (χ1) is 30.0. The van der Waals surface area contributed by atoms with Gasteiger partial charge in [-0.2, -0.15) is 0 Å². The van der Waals surface area contributed by atoms with Gasteiger partial charge in [-0.15, -0.1) is 11.3 Å². The molecule has 11 aromatic rings. The molecule has 1 aliphatic rings. The summed E-state index contributed by atoms with van der Waals surface area (Å²) >= 11 is 1.77. The van der Waals surface area contributed by atoms with Gasteiger partial charge in [0.15, 0.2) is 0 Å². The van der Waals surface area contributed by atoms with Crippen LogP contribution in [0, 0.1) is 0 Å². The molecular weight excluding hydrogens is 763 g/mol. The molecule has 2 aromatic heterocycles. The van der Waals surface area contributed by atoms with Crippen molar-refractivity contribution in [3.05, 3.63) is 211 Å². The van der Waals surface area contributed by atoms with Crippen LogP contribution in [0.25, 0.3) is 64.6 Å². The van der Waals surface area contributed by atoms with E-state index in [0.29, 0.717) is 0 Å². The Balaban J connectivity index is 1.19. The Morgan fingerprint density at radius 2 is 1.07 bits per heavy atom. The van der Waals surface area contributed by atoms with E-state index in [0.717, 1.165) is 76.9 Å². The Morgan fingerprint density at radius 1 is 0.475 bits per heavy atom. The molecule has 0 aliphatic heterocycles. The lowest BCUT2D eigenvalue weighted by Gasteiger charge is -2.31. The number of aromatic nitrogens is 1. The molecule has 61 heavy (non-hydrogen) atoms. The fourth-order valence-electron chi connectivity index (χ4n) is 9.47. The number of benzene rings is 9. The standard InChI is InChI=1S/C56H39N3OS/c1-56(2)47-32-38-20-13-12-19-37(38)31-46(47)52-48(56)35-49-54(61-55(57-49)36-17-6-3-7-18-36)53(52)59(43-29-30-51-45(34-43)44-27-14-15-28-50(44)60-51)42-26-16-25-41(33-42)58(39-21-8-4-9-22-39)40-23-10-5-11-24-40/h3-35H,1-2H3. The van der Waals surface area contributed by atoms with Crippen molar-refractivity contribution < 1.29 is 4.42 Å². The van der Waals surface area contributed by atoms with E-state index in [4.69, 9.17) is 9.40 Å². The van der Waals surface area contributed by atoms with Gasteiger partial charge in [0.1, 0.15) is 16.2 Å². The van der Waals surface area contributed by atoms with Crippen molar-refractivity contribution in [2.75, 3.05) is 9.80 Å². The lowest BCUT2D eigenvalue weighted by molar-refractivity contribution is 0.662. The molecule has 9 aromatic carbocycles. The molecule has 0 amide bonds. The number of fused-ring (bicyclic) bond motifs is 8. The minimum absolute atomic E-state index is 0.288. The maximum atomic E-state index is 6.43. The van der Waals surface area contributed by atoms with Crippen molar-refractivity contribution in [1.82, 2.24) is 4.98 Å². The summed E-state index contributed by atoms with van der Waals surface area (Å²) in [6.45, 7) is 4.75. The van der Waals surface area contributed by atoms with Gasteiger partial charge in [-0.1, -0.05) is 129 Å². The maximum absolute atomic E-state index is 6.43. The largest absolute Gasteiger partial charge is 0.456 e. The summed E-state index contributed by atoms with van der Waals surface area (Å²) in [5.74, 6) is 0. The van der Waals surface area contributed by atoms with Crippen LogP contribution in [0.15, 0.2) is 205 Å². The maximum Gasteiger partial charge on any atom is 0.135 e. The van der Waals surface area contributed by atoms with E-state index in [2.05, 4.69) is 218 Å². The molecular formula is C56H39N3OS. The molecule has 290 valence electrons. The molecule has 0 spiro atoms. The zero-order chi connectivity index (χ0) is 40.7. The monoisotopic (exact) mass is 801 g/mol. The van der Waals surface area contributed by atoms with Gasteiger partial charge in [-0.05, 0) is 112 Å². The lowest BCUT2D eigenvalue weighted by Crippen LogP contribution is -2.16. The van der Waals surface area contributed by atoms with Crippen molar-refractivity contribution in [2.24, 2.45) is 0 Å². The van der Waals surface area contributed by atoms with Crippen LogP contribution in [0.4, 0.5) is 34.1 Å². The molecule has 12 rings (SSSR count). The summed E-state index contributed by atoms with van der Waals surface area (Å²) in [5, 5.41) is 5.65. The average Bonchev–Trinajstić information content (AvgIpc) is 3.97. The van der Waals surface area contributed by atoms with Gasteiger partial charge in [-0.25, -0.2) is 4.98 Å². The van der Waals surface area contributed by atoms with E-state index in [-0.39, 0.29) is 5.41 Å². The highest BCUT2D eigenvalue weighted by atomic mass is 32.1. The van der Waals surface area contributed by atoms with E-state index in [1.807, 2.05) is 6.07 Å². The van der Waals surface area contributed by atoms with Crippen LogP contribution in [0.2, 0.25) is 0 Å². The van der Waals surface area contributed by atoms with Crippen LogP contribution in [0.3, 0.4) is 0 Å². The number of hydrogen-bond acceptors (Lipinski definition) is 5. The van der Waals surface area contributed by atoms with Crippen molar-refractivity contribution in [2.45, 2.75) is 19.3 Å². The molecule has 0 saturated heterocycles. The third-order valence-corrected chi connectivity index (χ3v) is 13.5. The Labute approximate surface area is 358 Å². The summed E-state index contributed by atoms with van der Waals surface area (Å²) < 4.78 is 7.56. The highest BCUT2D eigenvalue weighted by Crippen LogP contribution is 2.59. The lowest BCUT2D eigenvalue weighted by atomic mass is 9.81. The van der Waals surface area contributed by atoms with Gasteiger partial charge in [-0.3, -0.25) is 0 Å². The SMILES string of the molecule is CC1(C)c2cc3ccccc3cc2-c2c1cc1nc(-c3ccccc3)sc1c2N(c1cccc(N(c2ccccc2)c2ccccc2)c1)c1ccc2oc3ccccc3c2c1. The van der Waals surface area contributed by atoms with Crippen LogP contribution in [0.1, 0.15) is 25.0 Å². The van der Waals surface area contributed by atoms with E-state index in [9.17, 15) is 0 Å². The first-order valence-corrected chi connectivity index (χ1v) is 21.6. The fourth-order valence-corrected chi connectivity index (χ4v) is 10.6. The zero-order valence-electron chi connectivity index (χ0n) is 33.7. The van der Waals surface area contributed by atoms with Gasteiger partial charge in [0, 0.05) is 55.8 Å². The van der Waals surface area contributed by atoms with Crippen molar-refractivity contribution >= 4 is 88.4 Å². The Morgan fingerprint density at radius 3 is 1.80 bits per heavy atom. The number of rotatable bonds is 7. The fraction of sp³-hybridized carbons (Fsp3) is 0.0536. The number of anilines is 6. The molecule has 0 N–H and O–H groups in total. The van der Waals surface area contributed by atoms with Crippen LogP contribution in [0.5, 0.6) is 0 Å². The molecule has 2 heterocycles. The second kappa shape index (κ2) is 13.8. The van der Waals surface area contributed by atoms with Crippen LogP contribution in [-0.4, -0.2) is 4.98 Å². The predicted octanol–water partition coefficient (Wildman–Crippen LogP) is 16.3. The summed E-state index contributed by atoms with van der Waals surface area (Å²) in [5.41, 5.74) is 15.1. The molecule has 0 atom stereocenters. The Hall–Kier alpha value is -7.47. The second-order valence-electron chi connectivity index (χ2n) is 16.4. The third-order valence-electron chi connectivity index (χ3n) is 12.4. The molecule has 1 aliphatic carbocycles. The second-order valence-corrected chi connectivity index (χ2v) is 17.4. The quantitative estimate of drug-likeness (QED) is 0.161. The number of nitrogens with zero attached hydrogens (tertiary/aromatic N) is 3. The van der Waals surface area contributed by atoms with Crippen LogP contribution in [-0.2, 0) is 5.41 Å². The van der Waals surface area contributed by atoms with Crippen molar-refractivity contribution in [3.63, 3.8) is 0 Å². The number of thiazole rings is 1. The average molecular weight is 802 g/mol. The third kappa shape index (κ3) is 5.69. The van der Waals surface area contributed by atoms with Gasteiger partial charge in [0.25, 0.3) is 0 Å². The van der Waals surface area contributed by atoms with Gasteiger partial charge in [0.2, 0.25) is 0 Å². The molecule has 0 radical (unpaired) electrons. The molecule has 0 saturated carbocycles. The predicted molar refractivity (Wildman–Crippen MR) is 257 cm³/mol. The van der Waals surface area contributed by atoms with Gasteiger partial charge >= 0.3 is 0 Å². The van der Waals surface area contributed by atoms with Crippen molar-refractivity contribution in [3.8, 4) is 21.7 Å². The highest BCUT2D eigenvalue weighted by Gasteiger charge is 2.40. The Kier molecular flexibility index (Phi) is 8.03. The minimum atomic E-state index is -0.288. The Bertz CT molecular complexity index is 3420. The van der Waals surface area contributed by atoms with Crippen molar-refractivity contribution in [1.29, 1.82) is 0 Å². The number of furan rings is 1. The van der Waals surface area contributed by atoms with E-state index in [1.54, 1.807) is 11.3 Å². The molecule has 5 heteroatoms. The molecule has 0 bridgehead atoms. The summed E-state index contributed by atoms with van der Waals surface area (Å²) in [7, 11) is 0. The minimum Gasteiger partial charge on any atom is -0.456 e. The zero-order valence-corrected chi connectivity index (χ0v) is 34.5. The highest BCUT2D eigenvalue weighted by molar-refractivity contribution is 7.22. The molecule has 4 nitrogen and oxygen atoms in total. The van der Waals surface area contributed by atoms with Gasteiger partial charge in [0.05, 0.1) is 15.9 Å². The summed E-state index contributed by atoms with van der Waals surface area (Å²) in [6, 6.07) is 71.8. The van der Waals surface area contributed by atoms with Crippen LogP contribution >= 0.6 is 11.3 Å². The first kappa shape index (κ1) is 35.5. The number of hydrogen-bond donors (Lipinski definition) is 0. The topological polar surface area (TPSA) is 32.5 Å². The molecule has 0 unspecified atom stereocenters. The smallest absolute Gasteiger partial charge is 0.135 e. The van der Waals surface area contributed by atoms with Crippen LogP contribution < -0.4 is 9.80 Å². The normalized spacial score (nSPS) is 12.9. The summed E-state index contributed by atoms with van der Waals surface area (Å²) in [6.07, 6.45) is 0. The van der Waals surface area contributed by atoms with E-state index >= 15 is 0 Å². The summed E-state index contributed by atoms with van der Waals surface area (Å²) in [4.78, 5) is 10.3. The van der Waals surface area contributed by atoms with E-state index in [1.165, 1.54) is 33.0 Å². The van der Waals surface area contributed by atoms with E-state index < -0.39 is 0 Å². The number of para-hydroxylation sites is 3. The molecule has 0 fully saturated rings.